The van der Waals surface area contributed by atoms with Gasteiger partial charge in [0, 0.05) is 31.4 Å². The first-order chi connectivity index (χ1) is 9.90. The number of carbonyl (C=O) groups excluding carboxylic acids is 1. The molecule has 7 heteroatoms. The summed E-state index contributed by atoms with van der Waals surface area (Å²) in [6.45, 7) is 1.58. The van der Waals surface area contributed by atoms with E-state index in [0.29, 0.717) is 18.3 Å². The number of nitro benzene ring substituents is 1. The van der Waals surface area contributed by atoms with Crippen LogP contribution in [0, 0.1) is 10.1 Å². The average molecular weight is 292 g/mol. The highest BCUT2D eigenvalue weighted by Crippen LogP contribution is 2.23. The third kappa shape index (κ3) is 3.30. The van der Waals surface area contributed by atoms with Crippen LogP contribution in [-0.2, 0) is 0 Å². The molecule has 2 N–H and O–H groups in total. The molecule has 114 valence electrons. The Morgan fingerprint density at radius 1 is 1.57 bits per heavy atom. The maximum absolute atomic E-state index is 12.5. The number of rotatable bonds is 4. The van der Waals surface area contributed by atoms with Gasteiger partial charge in [-0.1, -0.05) is 0 Å². The lowest BCUT2D eigenvalue weighted by Crippen LogP contribution is -2.39. The predicted octanol–water partition coefficient (Wildman–Crippen LogP) is 1.34. The highest BCUT2D eigenvalue weighted by Gasteiger charge is 2.27. The second-order valence-corrected chi connectivity index (χ2v) is 5.50. The summed E-state index contributed by atoms with van der Waals surface area (Å²) >= 11 is 0. The van der Waals surface area contributed by atoms with Crippen LogP contribution in [0.2, 0.25) is 0 Å². The number of carbonyl (C=O) groups is 1. The largest absolute Gasteiger partial charge is 0.399 e. The number of likely N-dealkylation sites (tertiary alicyclic amines) is 1. The zero-order valence-electron chi connectivity index (χ0n) is 12.3. The van der Waals surface area contributed by atoms with Crippen molar-refractivity contribution >= 4 is 17.3 Å². The molecular weight excluding hydrogens is 272 g/mol. The van der Waals surface area contributed by atoms with E-state index in [2.05, 4.69) is 4.90 Å². The minimum absolute atomic E-state index is 0.0446. The van der Waals surface area contributed by atoms with Crippen molar-refractivity contribution in [1.82, 2.24) is 9.80 Å². The van der Waals surface area contributed by atoms with Gasteiger partial charge in [0.1, 0.15) is 5.56 Å². The Balaban J connectivity index is 2.19. The first-order valence-corrected chi connectivity index (χ1v) is 6.89. The number of nitrogens with zero attached hydrogens (tertiary/aromatic N) is 3. The van der Waals surface area contributed by atoms with Crippen molar-refractivity contribution in [2.75, 3.05) is 32.9 Å². The molecule has 1 fully saturated rings. The minimum Gasteiger partial charge on any atom is -0.399 e. The first-order valence-electron chi connectivity index (χ1n) is 6.89. The van der Waals surface area contributed by atoms with Gasteiger partial charge in [-0.15, -0.1) is 0 Å². The van der Waals surface area contributed by atoms with Gasteiger partial charge in [0.2, 0.25) is 0 Å². The van der Waals surface area contributed by atoms with E-state index in [1.165, 1.54) is 23.1 Å². The van der Waals surface area contributed by atoms with Crippen molar-refractivity contribution in [3.63, 3.8) is 0 Å². The lowest BCUT2D eigenvalue weighted by atomic mass is 10.1. The summed E-state index contributed by atoms with van der Waals surface area (Å²) in [5, 5.41) is 11.0. The van der Waals surface area contributed by atoms with Crippen molar-refractivity contribution in [2.24, 2.45) is 0 Å². The third-order valence-corrected chi connectivity index (χ3v) is 3.95. The van der Waals surface area contributed by atoms with Gasteiger partial charge in [-0.3, -0.25) is 14.9 Å². The summed E-state index contributed by atoms with van der Waals surface area (Å²) in [6.07, 6.45) is 2.15. The fourth-order valence-corrected chi connectivity index (χ4v) is 2.70. The lowest BCUT2D eigenvalue weighted by molar-refractivity contribution is -0.385. The summed E-state index contributed by atoms with van der Waals surface area (Å²) in [7, 11) is 3.69. The highest BCUT2D eigenvalue weighted by atomic mass is 16.6. The maximum Gasteiger partial charge on any atom is 0.282 e. The quantitative estimate of drug-likeness (QED) is 0.513. The Labute approximate surface area is 123 Å². The standard InChI is InChI=1S/C14H20N4O3/c1-16-7-3-4-11(16)9-17(2)14(19)12-8-10(15)5-6-13(12)18(20)21/h5-6,8,11H,3-4,7,9,15H2,1-2H3. The molecule has 2 rings (SSSR count). The van der Waals surface area contributed by atoms with E-state index < -0.39 is 4.92 Å². The summed E-state index contributed by atoms with van der Waals surface area (Å²) in [5.41, 5.74) is 5.83. The van der Waals surface area contributed by atoms with E-state index in [0.717, 1.165) is 19.4 Å². The molecule has 1 saturated heterocycles. The molecule has 1 heterocycles. The number of likely N-dealkylation sites (N-methyl/N-ethyl adjacent to an activating group) is 2. The number of hydrogen-bond donors (Lipinski definition) is 1. The molecule has 1 aromatic carbocycles. The van der Waals surface area contributed by atoms with Crippen LogP contribution >= 0.6 is 0 Å². The molecule has 1 aliphatic heterocycles. The molecule has 0 radical (unpaired) electrons. The van der Waals surface area contributed by atoms with E-state index >= 15 is 0 Å². The number of amides is 1. The minimum atomic E-state index is -0.553. The van der Waals surface area contributed by atoms with E-state index in [1.807, 2.05) is 7.05 Å². The van der Waals surface area contributed by atoms with E-state index in [-0.39, 0.29) is 17.2 Å². The molecule has 21 heavy (non-hydrogen) atoms. The number of nitro groups is 1. The SMILES string of the molecule is CN(CC1CCCN1C)C(=O)c1cc(N)ccc1[N+](=O)[O-]. The van der Waals surface area contributed by atoms with E-state index in [9.17, 15) is 14.9 Å². The normalized spacial score (nSPS) is 18.7. The van der Waals surface area contributed by atoms with Gasteiger partial charge in [0.15, 0.2) is 0 Å². The molecule has 7 nitrogen and oxygen atoms in total. The maximum atomic E-state index is 12.5. The molecular formula is C14H20N4O3. The molecule has 1 unspecified atom stereocenters. The molecule has 0 spiro atoms. The fraction of sp³-hybridized carbons (Fsp3) is 0.500. The smallest absolute Gasteiger partial charge is 0.282 e. The van der Waals surface area contributed by atoms with E-state index in [4.69, 9.17) is 5.73 Å². The first kappa shape index (κ1) is 15.2. The van der Waals surface area contributed by atoms with Gasteiger partial charge in [-0.2, -0.15) is 0 Å². The zero-order chi connectivity index (χ0) is 15.6. The average Bonchev–Trinajstić information content (AvgIpc) is 2.83. The van der Waals surface area contributed by atoms with Gasteiger partial charge in [-0.05, 0) is 38.6 Å². The van der Waals surface area contributed by atoms with Crippen LogP contribution in [0.1, 0.15) is 23.2 Å². The van der Waals surface area contributed by atoms with Crippen molar-refractivity contribution in [2.45, 2.75) is 18.9 Å². The summed E-state index contributed by atoms with van der Waals surface area (Å²) in [6, 6.07) is 4.38. The van der Waals surface area contributed by atoms with Crippen LogP contribution < -0.4 is 5.73 Å². The molecule has 1 aliphatic rings. The van der Waals surface area contributed by atoms with Crippen LogP contribution in [-0.4, -0.2) is 53.9 Å². The highest BCUT2D eigenvalue weighted by molar-refractivity contribution is 5.98. The Morgan fingerprint density at radius 2 is 2.29 bits per heavy atom. The predicted molar refractivity (Wildman–Crippen MR) is 80.1 cm³/mol. The molecule has 0 aliphatic carbocycles. The Kier molecular flexibility index (Phi) is 4.42. The van der Waals surface area contributed by atoms with E-state index in [1.54, 1.807) is 7.05 Å². The zero-order valence-corrected chi connectivity index (χ0v) is 12.3. The van der Waals surface area contributed by atoms with Crippen LogP contribution in [0.5, 0.6) is 0 Å². The summed E-state index contributed by atoms with van der Waals surface area (Å²) in [4.78, 5) is 26.7. The van der Waals surface area contributed by atoms with Crippen molar-refractivity contribution < 1.29 is 9.72 Å². The molecule has 0 saturated carbocycles. The number of nitrogen functional groups attached to an aromatic ring is 1. The van der Waals surface area contributed by atoms with Gasteiger partial charge < -0.3 is 15.5 Å². The Hall–Kier alpha value is -2.15. The third-order valence-electron chi connectivity index (χ3n) is 3.95. The van der Waals surface area contributed by atoms with Gasteiger partial charge in [0.05, 0.1) is 4.92 Å². The number of benzene rings is 1. The molecule has 1 aromatic rings. The van der Waals surface area contributed by atoms with Crippen LogP contribution in [0.4, 0.5) is 11.4 Å². The number of hydrogen-bond acceptors (Lipinski definition) is 5. The summed E-state index contributed by atoms with van der Waals surface area (Å²) < 4.78 is 0. The number of anilines is 1. The monoisotopic (exact) mass is 292 g/mol. The van der Waals surface area contributed by atoms with Crippen molar-refractivity contribution in [3.05, 3.63) is 33.9 Å². The lowest BCUT2D eigenvalue weighted by Gasteiger charge is -2.25. The Bertz CT molecular complexity index is 561. The van der Waals surface area contributed by atoms with Gasteiger partial charge in [-0.25, -0.2) is 0 Å². The van der Waals surface area contributed by atoms with Crippen LogP contribution in [0.3, 0.4) is 0 Å². The van der Waals surface area contributed by atoms with Crippen LogP contribution in [0.25, 0.3) is 0 Å². The number of nitrogens with two attached hydrogens (primary N) is 1. The molecule has 1 amide bonds. The van der Waals surface area contributed by atoms with Crippen molar-refractivity contribution in [1.29, 1.82) is 0 Å². The van der Waals surface area contributed by atoms with Crippen LogP contribution in [0.15, 0.2) is 18.2 Å². The molecule has 0 bridgehead atoms. The summed E-state index contributed by atoms with van der Waals surface area (Å²) in [5.74, 6) is -0.366. The molecule has 0 aromatic heterocycles. The van der Waals surface area contributed by atoms with Gasteiger partial charge in [0.25, 0.3) is 11.6 Å². The fourth-order valence-electron chi connectivity index (χ4n) is 2.70. The molecule has 1 atom stereocenters. The topological polar surface area (TPSA) is 92.7 Å². The Morgan fingerprint density at radius 3 is 2.86 bits per heavy atom. The van der Waals surface area contributed by atoms with Crippen molar-refractivity contribution in [3.8, 4) is 0 Å². The van der Waals surface area contributed by atoms with Gasteiger partial charge >= 0.3 is 0 Å². The second kappa shape index (κ2) is 6.09. The second-order valence-electron chi connectivity index (χ2n) is 5.50.